The smallest absolute Gasteiger partial charge is 0.129 e. The third kappa shape index (κ3) is 2.62. The summed E-state index contributed by atoms with van der Waals surface area (Å²) in [5.41, 5.74) is 6.32. The Labute approximate surface area is 114 Å². The van der Waals surface area contributed by atoms with Gasteiger partial charge in [0.2, 0.25) is 0 Å². The second kappa shape index (κ2) is 5.20. The van der Waals surface area contributed by atoms with E-state index in [0.717, 1.165) is 18.9 Å². The van der Waals surface area contributed by atoms with Crippen LogP contribution < -0.4 is 10.6 Å². The number of pyridine rings is 1. The molecule has 1 aromatic rings. The molecule has 0 amide bonds. The molecule has 1 aliphatic rings. The highest BCUT2D eigenvalue weighted by molar-refractivity contribution is 7.80. The number of aromatic nitrogens is 1. The molecule has 4 nitrogen and oxygen atoms in total. The van der Waals surface area contributed by atoms with Gasteiger partial charge in [0.1, 0.15) is 10.8 Å². The van der Waals surface area contributed by atoms with Gasteiger partial charge in [0, 0.05) is 19.1 Å². The standard InChI is InChI=1S/C13H20N4S/c1-9-7-17(8-11(9)16(2)3)12-6-4-5-10(15-12)13(14)18/h4-6,9,11H,7-8H2,1-3H3,(H2,14,18). The minimum atomic E-state index is 0.355. The van der Waals surface area contributed by atoms with Gasteiger partial charge >= 0.3 is 0 Å². The Morgan fingerprint density at radius 1 is 1.44 bits per heavy atom. The Kier molecular flexibility index (Phi) is 3.82. The van der Waals surface area contributed by atoms with Crippen molar-refractivity contribution in [2.24, 2.45) is 11.7 Å². The molecule has 1 aliphatic heterocycles. The van der Waals surface area contributed by atoms with Crippen LogP contribution in [0.1, 0.15) is 12.6 Å². The van der Waals surface area contributed by atoms with Gasteiger partial charge in [-0.1, -0.05) is 25.2 Å². The SMILES string of the molecule is CC1CN(c2cccc(C(N)=S)n2)CC1N(C)C. The third-order valence-electron chi connectivity index (χ3n) is 3.55. The first-order valence-corrected chi connectivity index (χ1v) is 6.58. The van der Waals surface area contributed by atoms with Crippen molar-refractivity contribution in [3.05, 3.63) is 23.9 Å². The van der Waals surface area contributed by atoms with Gasteiger partial charge in [-0.15, -0.1) is 0 Å². The van der Waals surface area contributed by atoms with E-state index in [0.29, 0.717) is 22.6 Å². The van der Waals surface area contributed by atoms with Crippen LogP contribution in [-0.4, -0.2) is 48.1 Å². The molecule has 2 atom stereocenters. The summed E-state index contributed by atoms with van der Waals surface area (Å²) in [6.45, 7) is 4.31. The molecule has 98 valence electrons. The van der Waals surface area contributed by atoms with Crippen LogP contribution in [0.2, 0.25) is 0 Å². The number of rotatable bonds is 3. The van der Waals surface area contributed by atoms with Gasteiger partial charge in [-0.2, -0.15) is 0 Å². The number of hydrogen-bond donors (Lipinski definition) is 1. The number of thiocarbonyl (C=S) groups is 1. The molecule has 2 N–H and O–H groups in total. The van der Waals surface area contributed by atoms with E-state index in [9.17, 15) is 0 Å². The van der Waals surface area contributed by atoms with Crippen LogP contribution in [0.4, 0.5) is 5.82 Å². The summed E-state index contributed by atoms with van der Waals surface area (Å²) < 4.78 is 0. The molecule has 2 rings (SSSR count). The van der Waals surface area contributed by atoms with E-state index in [2.05, 4.69) is 35.8 Å². The molecule has 0 aliphatic carbocycles. The molecule has 0 aromatic carbocycles. The van der Waals surface area contributed by atoms with E-state index < -0.39 is 0 Å². The average molecular weight is 264 g/mol. The summed E-state index contributed by atoms with van der Waals surface area (Å²) in [6.07, 6.45) is 0. The molecule has 1 aromatic heterocycles. The van der Waals surface area contributed by atoms with Crippen molar-refractivity contribution in [1.82, 2.24) is 9.88 Å². The Morgan fingerprint density at radius 2 is 2.17 bits per heavy atom. The Morgan fingerprint density at radius 3 is 2.72 bits per heavy atom. The highest BCUT2D eigenvalue weighted by Crippen LogP contribution is 2.24. The van der Waals surface area contributed by atoms with E-state index >= 15 is 0 Å². The largest absolute Gasteiger partial charge is 0.388 e. The fraction of sp³-hybridized carbons (Fsp3) is 0.538. The molecular formula is C13H20N4S. The molecule has 0 bridgehead atoms. The van der Waals surface area contributed by atoms with Gasteiger partial charge in [0.05, 0.1) is 5.69 Å². The Balaban J connectivity index is 2.18. The predicted molar refractivity (Wildman–Crippen MR) is 79.0 cm³/mol. The van der Waals surface area contributed by atoms with E-state index in [1.54, 1.807) is 0 Å². The van der Waals surface area contributed by atoms with Gasteiger partial charge < -0.3 is 15.5 Å². The molecule has 0 spiro atoms. The third-order valence-corrected chi connectivity index (χ3v) is 3.76. The first-order valence-electron chi connectivity index (χ1n) is 6.17. The minimum Gasteiger partial charge on any atom is -0.388 e. The zero-order valence-corrected chi connectivity index (χ0v) is 11.9. The van der Waals surface area contributed by atoms with E-state index in [4.69, 9.17) is 18.0 Å². The summed E-state index contributed by atoms with van der Waals surface area (Å²) in [4.78, 5) is 9.46. The number of likely N-dealkylation sites (N-methyl/N-ethyl adjacent to an activating group) is 1. The highest BCUT2D eigenvalue weighted by atomic mass is 32.1. The molecule has 2 unspecified atom stereocenters. The van der Waals surface area contributed by atoms with Gasteiger partial charge in [-0.3, -0.25) is 0 Å². The molecular weight excluding hydrogens is 244 g/mol. The summed E-state index contributed by atoms with van der Waals surface area (Å²) in [6, 6.07) is 6.41. The van der Waals surface area contributed by atoms with Crippen molar-refractivity contribution >= 4 is 23.0 Å². The maximum atomic E-state index is 5.63. The number of anilines is 1. The lowest BCUT2D eigenvalue weighted by Crippen LogP contribution is -2.34. The van der Waals surface area contributed by atoms with Crippen molar-refractivity contribution in [2.45, 2.75) is 13.0 Å². The van der Waals surface area contributed by atoms with Gasteiger partial charge in [-0.05, 0) is 32.1 Å². The lowest BCUT2D eigenvalue weighted by molar-refractivity contribution is 0.266. The topological polar surface area (TPSA) is 45.4 Å². The van der Waals surface area contributed by atoms with E-state index in [-0.39, 0.29) is 0 Å². The second-order valence-electron chi connectivity index (χ2n) is 5.16. The fourth-order valence-corrected chi connectivity index (χ4v) is 2.66. The van der Waals surface area contributed by atoms with Crippen molar-refractivity contribution < 1.29 is 0 Å². The Bertz CT molecular complexity index is 446. The Hall–Kier alpha value is -1.20. The molecule has 1 saturated heterocycles. The van der Waals surface area contributed by atoms with Crippen LogP contribution in [0.15, 0.2) is 18.2 Å². The zero-order chi connectivity index (χ0) is 13.3. The lowest BCUT2D eigenvalue weighted by atomic mass is 10.1. The number of hydrogen-bond acceptors (Lipinski definition) is 4. The molecule has 0 radical (unpaired) electrons. The molecule has 5 heteroatoms. The lowest BCUT2D eigenvalue weighted by Gasteiger charge is -2.22. The first kappa shape index (κ1) is 13.2. The normalized spacial score (nSPS) is 23.7. The maximum Gasteiger partial charge on any atom is 0.129 e. The minimum absolute atomic E-state index is 0.355. The van der Waals surface area contributed by atoms with Crippen molar-refractivity contribution in [2.75, 3.05) is 32.1 Å². The van der Waals surface area contributed by atoms with Crippen LogP contribution in [0.5, 0.6) is 0 Å². The van der Waals surface area contributed by atoms with Crippen molar-refractivity contribution in [3.8, 4) is 0 Å². The summed E-state index contributed by atoms with van der Waals surface area (Å²) in [7, 11) is 4.26. The molecule has 1 fully saturated rings. The fourth-order valence-electron chi connectivity index (χ4n) is 2.55. The summed E-state index contributed by atoms with van der Waals surface area (Å²) >= 11 is 4.97. The van der Waals surface area contributed by atoms with Gasteiger partial charge in [0.15, 0.2) is 0 Å². The molecule has 0 saturated carbocycles. The van der Waals surface area contributed by atoms with Crippen molar-refractivity contribution in [3.63, 3.8) is 0 Å². The second-order valence-corrected chi connectivity index (χ2v) is 5.60. The number of nitrogens with zero attached hydrogens (tertiary/aromatic N) is 3. The van der Waals surface area contributed by atoms with E-state index in [1.807, 2.05) is 18.2 Å². The van der Waals surface area contributed by atoms with Gasteiger partial charge in [-0.25, -0.2) is 4.98 Å². The average Bonchev–Trinajstić information content (AvgIpc) is 2.71. The van der Waals surface area contributed by atoms with Crippen LogP contribution in [0.25, 0.3) is 0 Å². The molecule has 2 heterocycles. The van der Waals surface area contributed by atoms with Crippen LogP contribution in [-0.2, 0) is 0 Å². The van der Waals surface area contributed by atoms with Crippen LogP contribution in [0, 0.1) is 5.92 Å². The molecule has 18 heavy (non-hydrogen) atoms. The van der Waals surface area contributed by atoms with E-state index in [1.165, 1.54) is 0 Å². The first-order chi connectivity index (χ1) is 8.49. The maximum absolute atomic E-state index is 5.63. The predicted octanol–water partition coefficient (Wildman–Crippen LogP) is 1.10. The van der Waals surface area contributed by atoms with Crippen molar-refractivity contribution in [1.29, 1.82) is 0 Å². The summed E-state index contributed by atoms with van der Waals surface area (Å²) in [5.74, 6) is 1.60. The quantitative estimate of drug-likeness (QED) is 0.828. The number of nitrogens with two attached hydrogens (primary N) is 1. The zero-order valence-electron chi connectivity index (χ0n) is 11.1. The summed E-state index contributed by atoms with van der Waals surface area (Å²) in [5, 5.41) is 0. The monoisotopic (exact) mass is 264 g/mol. The highest BCUT2D eigenvalue weighted by Gasteiger charge is 2.31. The van der Waals surface area contributed by atoms with Crippen LogP contribution in [0.3, 0.4) is 0 Å². The van der Waals surface area contributed by atoms with Gasteiger partial charge in [0.25, 0.3) is 0 Å². The van der Waals surface area contributed by atoms with Crippen LogP contribution >= 0.6 is 12.2 Å².